The first-order chi connectivity index (χ1) is 7.63. The van der Waals surface area contributed by atoms with Crippen molar-refractivity contribution >= 4 is 15.9 Å². The smallest absolute Gasteiger partial charge is 0.0206 e. The van der Waals surface area contributed by atoms with Crippen LogP contribution in [0, 0.1) is 6.92 Å². The quantitative estimate of drug-likeness (QED) is 0.809. The molecule has 0 heterocycles. The minimum Gasteiger partial charge on any atom is -0.311 e. The highest BCUT2D eigenvalue weighted by atomic mass is 79.9. The maximum atomic E-state index is 3.51. The van der Waals surface area contributed by atoms with Crippen LogP contribution in [0.2, 0.25) is 0 Å². The Labute approximate surface area is 107 Å². The summed E-state index contributed by atoms with van der Waals surface area (Å²) < 4.78 is 1.18. The van der Waals surface area contributed by atoms with Gasteiger partial charge < -0.3 is 10.2 Å². The predicted octanol–water partition coefficient (Wildman–Crippen LogP) is 2.80. The minimum atomic E-state index is 0.950. The van der Waals surface area contributed by atoms with Gasteiger partial charge >= 0.3 is 0 Å². The topological polar surface area (TPSA) is 15.3 Å². The third-order valence-electron chi connectivity index (χ3n) is 2.76. The van der Waals surface area contributed by atoms with E-state index >= 15 is 0 Å². The molecule has 2 nitrogen and oxygen atoms in total. The van der Waals surface area contributed by atoms with Gasteiger partial charge in [0.1, 0.15) is 0 Å². The van der Waals surface area contributed by atoms with Crippen LogP contribution in [0.25, 0.3) is 0 Å². The van der Waals surface area contributed by atoms with E-state index in [-0.39, 0.29) is 0 Å². The molecule has 0 saturated carbocycles. The molecule has 0 aliphatic rings. The molecule has 3 heteroatoms. The van der Waals surface area contributed by atoms with Crippen molar-refractivity contribution in [2.45, 2.75) is 20.4 Å². The van der Waals surface area contributed by atoms with E-state index in [1.54, 1.807) is 0 Å². The van der Waals surface area contributed by atoms with Gasteiger partial charge in [0.05, 0.1) is 0 Å². The third kappa shape index (κ3) is 4.64. The number of nitrogens with one attached hydrogen (secondary N) is 1. The van der Waals surface area contributed by atoms with Crippen LogP contribution in [0.15, 0.2) is 22.7 Å². The van der Waals surface area contributed by atoms with Gasteiger partial charge in [0.15, 0.2) is 0 Å². The summed E-state index contributed by atoms with van der Waals surface area (Å²) in [5.74, 6) is 0. The zero-order valence-electron chi connectivity index (χ0n) is 10.4. The van der Waals surface area contributed by atoms with Crippen LogP contribution >= 0.6 is 15.9 Å². The minimum absolute atomic E-state index is 0.950. The van der Waals surface area contributed by atoms with E-state index < -0.39 is 0 Å². The summed E-state index contributed by atoms with van der Waals surface area (Å²) in [6.45, 7) is 8.51. The first-order valence-electron chi connectivity index (χ1n) is 5.77. The lowest BCUT2D eigenvalue weighted by molar-refractivity contribution is 0.349. The Bertz CT molecular complexity index is 326. The van der Waals surface area contributed by atoms with E-state index in [1.807, 2.05) is 0 Å². The third-order valence-corrected chi connectivity index (χ3v) is 3.65. The number of likely N-dealkylation sites (N-methyl/N-ethyl adjacent to an activating group) is 1. The molecular formula is C13H21BrN2. The lowest BCUT2D eigenvalue weighted by Gasteiger charge is -2.14. The Morgan fingerprint density at radius 2 is 2.12 bits per heavy atom. The molecule has 0 amide bonds. The molecule has 16 heavy (non-hydrogen) atoms. The van der Waals surface area contributed by atoms with Crippen LogP contribution in [0.5, 0.6) is 0 Å². The molecule has 0 saturated heterocycles. The molecule has 0 atom stereocenters. The zero-order valence-corrected chi connectivity index (χ0v) is 12.0. The number of benzene rings is 1. The van der Waals surface area contributed by atoms with Gasteiger partial charge in [-0.25, -0.2) is 0 Å². The average molecular weight is 285 g/mol. The van der Waals surface area contributed by atoms with Crippen molar-refractivity contribution < 1.29 is 0 Å². The molecule has 0 aromatic heterocycles. The Morgan fingerprint density at radius 1 is 1.38 bits per heavy atom. The number of rotatable bonds is 6. The SMILES string of the molecule is CCN(C)CCNCc1ccc(Br)c(C)c1. The van der Waals surface area contributed by atoms with Crippen molar-refractivity contribution in [1.29, 1.82) is 0 Å². The van der Waals surface area contributed by atoms with E-state index in [0.29, 0.717) is 0 Å². The maximum absolute atomic E-state index is 3.51. The van der Waals surface area contributed by atoms with Gasteiger partial charge in [-0.2, -0.15) is 0 Å². The van der Waals surface area contributed by atoms with Crippen molar-refractivity contribution in [3.05, 3.63) is 33.8 Å². The van der Waals surface area contributed by atoms with Gasteiger partial charge in [-0.1, -0.05) is 35.0 Å². The Balaban J connectivity index is 2.29. The van der Waals surface area contributed by atoms with Crippen molar-refractivity contribution in [2.75, 3.05) is 26.7 Å². The molecule has 1 aromatic rings. The highest BCUT2D eigenvalue weighted by Crippen LogP contribution is 2.16. The molecule has 1 N–H and O–H groups in total. The lowest BCUT2D eigenvalue weighted by Crippen LogP contribution is -2.28. The van der Waals surface area contributed by atoms with Crippen molar-refractivity contribution in [3.63, 3.8) is 0 Å². The molecule has 0 unspecified atom stereocenters. The maximum Gasteiger partial charge on any atom is 0.0206 e. The number of hydrogen-bond acceptors (Lipinski definition) is 2. The van der Waals surface area contributed by atoms with Crippen LogP contribution in [-0.2, 0) is 6.54 Å². The van der Waals surface area contributed by atoms with Crippen molar-refractivity contribution in [3.8, 4) is 0 Å². The number of aryl methyl sites for hydroxylation is 1. The van der Waals surface area contributed by atoms with Crippen molar-refractivity contribution in [2.24, 2.45) is 0 Å². The summed E-state index contributed by atoms with van der Waals surface area (Å²) in [6.07, 6.45) is 0. The normalized spacial score (nSPS) is 11.1. The molecule has 1 rings (SSSR count). The van der Waals surface area contributed by atoms with Gasteiger partial charge in [0.2, 0.25) is 0 Å². The fourth-order valence-electron chi connectivity index (χ4n) is 1.48. The second kappa shape index (κ2) is 7.05. The monoisotopic (exact) mass is 284 g/mol. The Hall–Kier alpha value is -0.380. The highest BCUT2D eigenvalue weighted by molar-refractivity contribution is 9.10. The molecule has 0 fully saturated rings. The van der Waals surface area contributed by atoms with E-state index in [2.05, 4.69) is 65.2 Å². The molecule has 0 radical (unpaired) electrons. The number of halogens is 1. The van der Waals surface area contributed by atoms with Gasteiger partial charge in [-0.3, -0.25) is 0 Å². The van der Waals surface area contributed by atoms with Crippen LogP contribution < -0.4 is 5.32 Å². The fourth-order valence-corrected chi connectivity index (χ4v) is 1.72. The van der Waals surface area contributed by atoms with Crippen LogP contribution in [0.1, 0.15) is 18.1 Å². The van der Waals surface area contributed by atoms with Crippen LogP contribution in [0.3, 0.4) is 0 Å². The molecule has 0 aliphatic carbocycles. The zero-order chi connectivity index (χ0) is 12.0. The number of hydrogen-bond donors (Lipinski definition) is 1. The van der Waals surface area contributed by atoms with Gasteiger partial charge in [-0.05, 0) is 37.7 Å². The van der Waals surface area contributed by atoms with E-state index in [1.165, 1.54) is 15.6 Å². The summed E-state index contributed by atoms with van der Waals surface area (Å²) in [5.41, 5.74) is 2.64. The lowest BCUT2D eigenvalue weighted by atomic mass is 10.1. The second-order valence-corrected chi connectivity index (χ2v) is 5.01. The standard InChI is InChI=1S/C13H21BrN2/c1-4-16(3)8-7-15-10-12-5-6-13(14)11(2)9-12/h5-6,9,15H,4,7-8,10H2,1-3H3. The Kier molecular flexibility index (Phi) is 6.03. The first-order valence-corrected chi connectivity index (χ1v) is 6.57. The summed E-state index contributed by atoms with van der Waals surface area (Å²) >= 11 is 3.51. The Morgan fingerprint density at radius 3 is 2.75 bits per heavy atom. The van der Waals surface area contributed by atoms with Gasteiger partial charge in [0, 0.05) is 24.1 Å². The van der Waals surface area contributed by atoms with E-state index in [0.717, 1.165) is 26.2 Å². The van der Waals surface area contributed by atoms with Gasteiger partial charge in [0.25, 0.3) is 0 Å². The van der Waals surface area contributed by atoms with Crippen molar-refractivity contribution in [1.82, 2.24) is 10.2 Å². The summed E-state index contributed by atoms with van der Waals surface area (Å²) in [7, 11) is 2.14. The molecule has 90 valence electrons. The molecule has 0 aliphatic heterocycles. The predicted molar refractivity (Wildman–Crippen MR) is 73.8 cm³/mol. The molecular weight excluding hydrogens is 264 g/mol. The highest BCUT2D eigenvalue weighted by Gasteiger charge is 1.98. The van der Waals surface area contributed by atoms with Crippen LogP contribution in [0.4, 0.5) is 0 Å². The van der Waals surface area contributed by atoms with E-state index in [4.69, 9.17) is 0 Å². The van der Waals surface area contributed by atoms with Gasteiger partial charge in [-0.15, -0.1) is 0 Å². The average Bonchev–Trinajstić information content (AvgIpc) is 2.28. The largest absolute Gasteiger partial charge is 0.311 e. The summed E-state index contributed by atoms with van der Waals surface area (Å²) in [5, 5.41) is 3.46. The summed E-state index contributed by atoms with van der Waals surface area (Å²) in [4.78, 5) is 2.31. The summed E-state index contributed by atoms with van der Waals surface area (Å²) in [6, 6.07) is 6.50. The second-order valence-electron chi connectivity index (χ2n) is 4.16. The van der Waals surface area contributed by atoms with E-state index in [9.17, 15) is 0 Å². The molecule has 0 bridgehead atoms. The molecule has 0 spiro atoms. The number of nitrogens with zero attached hydrogens (tertiary/aromatic N) is 1. The van der Waals surface area contributed by atoms with Crippen LogP contribution in [-0.4, -0.2) is 31.6 Å². The molecule has 1 aromatic carbocycles. The fraction of sp³-hybridized carbons (Fsp3) is 0.538. The first kappa shape index (κ1) is 13.7.